The van der Waals surface area contributed by atoms with Crippen molar-refractivity contribution in [2.45, 2.75) is 0 Å². The van der Waals surface area contributed by atoms with Gasteiger partial charge in [-0.2, -0.15) is 0 Å². The average Bonchev–Trinajstić information content (AvgIpc) is 3.70. The van der Waals surface area contributed by atoms with Crippen LogP contribution in [-0.2, 0) is 0 Å². The minimum Gasteiger partial charge on any atom is -0.308 e. The van der Waals surface area contributed by atoms with E-state index in [2.05, 4.69) is 4.98 Å². The summed E-state index contributed by atoms with van der Waals surface area (Å²) in [5, 5.41) is 3.74. The van der Waals surface area contributed by atoms with Gasteiger partial charge in [-0.3, -0.25) is 0 Å². The number of hydrogen-bond donors (Lipinski definition) is 0. The van der Waals surface area contributed by atoms with Crippen molar-refractivity contribution in [1.29, 1.82) is 0 Å². The molecule has 49 heavy (non-hydrogen) atoms. The van der Waals surface area contributed by atoms with Gasteiger partial charge in [-0.15, -0.1) is 0 Å². The molecule has 0 aliphatic heterocycles. The van der Waals surface area contributed by atoms with Gasteiger partial charge in [0.25, 0.3) is 0 Å². The third kappa shape index (κ3) is 4.35. The summed E-state index contributed by atoms with van der Waals surface area (Å²) in [7, 11) is 0. The number of aromatic nitrogens is 4. The Kier molecular flexibility index (Phi) is 3.37. The number of rotatable bonds is 4. The molecule has 2 aromatic heterocycles. The Labute approximate surface area is 307 Å². The van der Waals surface area contributed by atoms with Gasteiger partial charge in [-0.05, 0) is 56.5 Å². The third-order valence-corrected chi connectivity index (χ3v) is 8.46. The van der Waals surface area contributed by atoms with Crippen molar-refractivity contribution in [3.63, 3.8) is 0 Å². The number of fused-ring (bicyclic) bond motifs is 9. The van der Waals surface area contributed by atoms with Gasteiger partial charge in [0.1, 0.15) is 0 Å². The van der Waals surface area contributed by atoms with E-state index in [0.29, 0.717) is 21.5 Å². The second-order valence-electron chi connectivity index (χ2n) is 11.1. The van der Waals surface area contributed by atoms with Gasteiger partial charge >= 0.3 is 0 Å². The lowest BCUT2D eigenvalue weighted by Gasteiger charge is -2.18. The van der Waals surface area contributed by atoms with Gasteiger partial charge in [0.05, 0.1) is 41.4 Å². The summed E-state index contributed by atoms with van der Waals surface area (Å²) in [6.45, 7) is 0. The van der Waals surface area contributed by atoms with Gasteiger partial charge in [0.15, 0.2) is 17.5 Å². The van der Waals surface area contributed by atoms with Crippen molar-refractivity contribution >= 4 is 54.1 Å². The minimum absolute atomic E-state index is 0.0202. The topological polar surface area (TPSA) is 43.6 Å². The third-order valence-electron chi connectivity index (χ3n) is 8.46. The number of para-hydroxylation sites is 2. The first-order valence-electron chi connectivity index (χ1n) is 24.1. The van der Waals surface area contributed by atoms with Crippen LogP contribution in [0.3, 0.4) is 0 Å². The maximum Gasteiger partial charge on any atom is 0.166 e. The molecule has 0 aliphatic rings. The molecule has 0 atom stereocenters. The van der Waals surface area contributed by atoms with Crippen molar-refractivity contribution < 1.29 is 24.7 Å². The highest BCUT2D eigenvalue weighted by molar-refractivity contribution is 6.26. The molecule has 0 fully saturated rings. The molecule has 0 amide bonds. The highest BCUT2D eigenvalue weighted by Crippen LogP contribution is 2.42. The smallest absolute Gasteiger partial charge is 0.166 e. The Hall–Kier alpha value is -6.65. The lowest BCUT2D eigenvalue weighted by molar-refractivity contribution is 1.07. The number of benzene rings is 8. The Balaban J connectivity index is 1.49. The zero-order valence-corrected chi connectivity index (χ0v) is 25.1. The van der Waals surface area contributed by atoms with Crippen molar-refractivity contribution in [1.82, 2.24) is 19.5 Å². The first kappa shape index (κ1) is 15.1. The molecule has 2 heterocycles. The molecule has 0 spiro atoms. The minimum atomic E-state index is -0.749. The highest BCUT2D eigenvalue weighted by Gasteiger charge is 2.21. The predicted octanol–water partition coefficient (Wildman–Crippen LogP) is 11.4. The van der Waals surface area contributed by atoms with Crippen LogP contribution in [0, 0.1) is 0 Å². The van der Waals surface area contributed by atoms with Crippen molar-refractivity contribution in [3.8, 4) is 39.9 Å². The van der Waals surface area contributed by atoms with E-state index in [4.69, 9.17) is 31.9 Å². The summed E-state index contributed by atoms with van der Waals surface area (Å²) < 4.78 is 159. The zero-order valence-electron chi connectivity index (χ0n) is 43.1. The van der Waals surface area contributed by atoms with E-state index in [0.717, 1.165) is 10.8 Å². The summed E-state index contributed by atoms with van der Waals surface area (Å²) in [6, 6.07) is 5.77. The summed E-state index contributed by atoms with van der Waals surface area (Å²) in [5.41, 5.74) is -1.59. The monoisotopic (exact) mass is 642 g/mol. The quantitative estimate of drug-likeness (QED) is 0.179. The predicted molar refractivity (Wildman–Crippen MR) is 203 cm³/mol. The summed E-state index contributed by atoms with van der Waals surface area (Å²) in [5.74, 6) is -1.52. The summed E-state index contributed by atoms with van der Waals surface area (Å²) in [4.78, 5) is 13.9. The SMILES string of the molecule is [2H]c1c([2H])c([2H])c(-c2nc(-c3cc4c5ccccc5c5ccccc5c4cc3-n3c4c([2H])c([2H])c([2H])c([2H])c4c4c([2H])c([2H])c([2H])c([2H])c43)nc(-c3c([2H])c([2H])c([2H])c([2H])c3[2H])n2)c([2H])c1[2H]. The van der Waals surface area contributed by atoms with E-state index < -0.39 is 132 Å². The van der Waals surface area contributed by atoms with Gasteiger partial charge in [0.2, 0.25) is 0 Å². The number of nitrogens with zero attached hydrogens (tertiary/aromatic N) is 4. The van der Waals surface area contributed by atoms with Crippen LogP contribution < -0.4 is 0 Å². The molecule has 0 saturated carbocycles. The van der Waals surface area contributed by atoms with Gasteiger partial charge in [0, 0.05) is 27.5 Å². The van der Waals surface area contributed by atoms with Gasteiger partial charge < -0.3 is 4.57 Å². The normalized spacial score (nSPS) is 16.8. The standard InChI is InChI=1S/C45H28N4/c1-3-15-29(16-4-1)43-46-44(30-17-5-2-6-18-30)48-45(47-43)39-27-37-33-21-9-7-19-31(33)32-20-8-10-22-34(32)38(37)28-42(39)49-40-25-13-11-23-35(40)36-24-12-14-26-41(36)49/h1-28H/i1D,2D,3D,4D,5D,6D,11D,12D,13D,14D,15D,16D,17D,18D,23D,24D,25D,26D. The fourth-order valence-corrected chi connectivity index (χ4v) is 6.41. The van der Waals surface area contributed by atoms with E-state index in [-0.39, 0.29) is 38.9 Å². The molecule has 0 aliphatic carbocycles. The van der Waals surface area contributed by atoms with Crippen LogP contribution in [-0.4, -0.2) is 19.5 Å². The molecule has 10 rings (SSSR count). The lowest BCUT2D eigenvalue weighted by Crippen LogP contribution is -2.04. The molecule has 8 aromatic carbocycles. The molecule has 10 aromatic rings. The first-order chi connectivity index (χ1) is 31.8. The van der Waals surface area contributed by atoms with Gasteiger partial charge in [-0.1, -0.05) is 145 Å². The Morgan fingerprint density at radius 2 is 0.796 bits per heavy atom. The molecule has 0 bridgehead atoms. The number of hydrogen-bond acceptors (Lipinski definition) is 3. The zero-order chi connectivity index (χ0) is 48.0. The van der Waals surface area contributed by atoms with E-state index >= 15 is 0 Å². The molecular weight excluding hydrogens is 597 g/mol. The molecule has 228 valence electrons. The van der Waals surface area contributed by atoms with E-state index in [1.165, 1.54) is 4.57 Å². The molecule has 4 nitrogen and oxygen atoms in total. The Morgan fingerprint density at radius 1 is 0.388 bits per heavy atom. The van der Waals surface area contributed by atoms with Crippen molar-refractivity contribution in [2.75, 3.05) is 0 Å². The van der Waals surface area contributed by atoms with Crippen LogP contribution in [0.15, 0.2) is 169 Å². The highest BCUT2D eigenvalue weighted by atomic mass is 15.1. The molecule has 0 unspecified atom stereocenters. The van der Waals surface area contributed by atoms with Crippen LogP contribution >= 0.6 is 0 Å². The van der Waals surface area contributed by atoms with E-state index in [1.807, 2.05) is 48.5 Å². The Bertz CT molecular complexity index is 3700. The maximum absolute atomic E-state index is 9.32. The lowest BCUT2D eigenvalue weighted by atomic mass is 9.92. The molecule has 4 heteroatoms. The summed E-state index contributed by atoms with van der Waals surface area (Å²) >= 11 is 0. The fourth-order valence-electron chi connectivity index (χ4n) is 6.41. The summed E-state index contributed by atoms with van der Waals surface area (Å²) in [6.07, 6.45) is 0. The molecule has 0 radical (unpaired) electrons. The average molecular weight is 643 g/mol. The molecule has 0 N–H and O–H groups in total. The maximum atomic E-state index is 9.32. The molecule has 0 saturated heterocycles. The van der Waals surface area contributed by atoms with Crippen molar-refractivity contribution in [3.05, 3.63) is 169 Å². The van der Waals surface area contributed by atoms with Crippen molar-refractivity contribution in [2.24, 2.45) is 0 Å². The van der Waals surface area contributed by atoms with Crippen LogP contribution in [0.1, 0.15) is 24.7 Å². The van der Waals surface area contributed by atoms with E-state index in [1.54, 1.807) is 12.1 Å². The van der Waals surface area contributed by atoms with Crippen LogP contribution in [0.4, 0.5) is 0 Å². The second kappa shape index (κ2) is 11.0. The van der Waals surface area contributed by atoms with E-state index in [9.17, 15) is 2.74 Å². The van der Waals surface area contributed by atoms with Crippen LogP contribution in [0.25, 0.3) is 94.0 Å². The first-order valence-corrected chi connectivity index (χ1v) is 15.1. The largest absolute Gasteiger partial charge is 0.308 e. The van der Waals surface area contributed by atoms with Crippen LogP contribution in [0.2, 0.25) is 0 Å². The van der Waals surface area contributed by atoms with Gasteiger partial charge in [-0.25, -0.2) is 15.0 Å². The second-order valence-corrected chi connectivity index (χ2v) is 11.1. The van der Waals surface area contributed by atoms with Crippen LogP contribution in [0.5, 0.6) is 0 Å². The Morgan fingerprint density at radius 3 is 1.31 bits per heavy atom. The molecular formula is C45H28N4. The fraction of sp³-hybridized carbons (Fsp3) is 0.